The molecule has 4 atom stereocenters. The second kappa shape index (κ2) is 3.78. The van der Waals surface area contributed by atoms with Crippen molar-refractivity contribution in [3.8, 4) is 0 Å². The van der Waals surface area contributed by atoms with E-state index in [1.165, 1.54) is 19.3 Å². The van der Waals surface area contributed by atoms with Gasteiger partial charge in [0.05, 0.1) is 0 Å². The Hall–Kier alpha value is -2.04. The lowest BCUT2D eigenvalue weighted by Gasteiger charge is -2.10. The first kappa shape index (κ1) is 11.6. The number of anilines is 1. The number of imidazole rings is 1. The second-order valence-corrected chi connectivity index (χ2v) is 6.70. The zero-order chi connectivity index (χ0) is 14.1. The maximum absolute atomic E-state index is 11.6. The Morgan fingerprint density at radius 2 is 2.05 bits per heavy atom. The van der Waals surface area contributed by atoms with Crippen LogP contribution in [0.15, 0.2) is 24.4 Å². The summed E-state index contributed by atoms with van der Waals surface area (Å²) in [7, 11) is 0. The number of nitrogens with zero attached hydrogens (tertiary/aromatic N) is 2. The van der Waals surface area contributed by atoms with Crippen molar-refractivity contribution in [3.63, 3.8) is 0 Å². The number of aromatic nitrogens is 2. The molecule has 2 heterocycles. The molecule has 5 nitrogen and oxygen atoms in total. The van der Waals surface area contributed by atoms with Gasteiger partial charge in [0.1, 0.15) is 5.65 Å². The highest BCUT2D eigenvalue weighted by Crippen LogP contribution is 2.66. The first-order valence-corrected chi connectivity index (χ1v) is 7.71. The number of carboxylic acids is 1. The first-order chi connectivity index (χ1) is 10.2. The van der Waals surface area contributed by atoms with Gasteiger partial charge in [-0.1, -0.05) is 6.07 Å². The summed E-state index contributed by atoms with van der Waals surface area (Å²) in [6, 6.07) is 6.00. The van der Waals surface area contributed by atoms with E-state index in [9.17, 15) is 9.90 Å². The minimum atomic E-state index is -0.926. The van der Waals surface area contributed by atoms with Crippen LogP contribution in [0.5, 0.6) is 0 Å². The molecule has 0 saturated heterocycles. The summed E-state index contributed by atoms with van der Waals surface area (Å²) in [5, 5.41) is 12.9. The fourth-order valence-corrected chi connectivity index (χ4v) is 4.98. The quantitative estimate of drug-likeness (QED) is 0.908. The predicted octanol–water partition coefficient (Wildman–Crippen LogP) is 2.49. The zero-order valence-corrected chi connectivity index (χ0v) is 11.6. The van der Waals surface area contributed by atoms with Crippen LogP contribution < -0.4 is 5.32 Å². The third-order valence-corrected chi connectivity index (χ3v) is 5.77. The van der Waals surface area contributed by atoms with Crippen LogP contribution in [0.25, 0.3) is 5.65 Å². The van der Waals surface area contributed by atoms with Crippen LogP contribution >= 0.6 is 0 Å². The van der Waals surface area contributed by atoms with Crippen LogP contribution in [0.4, 0.5) is 5.82 Å². The molecular formula is C16H17N3O2. The van der Waals surface area contributed by atoms with Gasteiger partial charge in [-0.2, -0.15) is 0 Å². The van der Waals surface area contributed by atoms with Crippen LogP contribution in [-0.2, 0) is 0 Å². The van der Waals surface area contributed by atoms with Gasteiger partial charge < -0.3 is 10.4 Å². The highest BCUT2D eigenvalue weighted by atomic mass is 16.4. The SMILES string of the molecule is O=C(O)c1c(NC2C3C4CCC(C4)C23)nc2ccccn12. The number of nitrogens with one attached hydrogen (secondary N) is 1. The van der Waals surface area contributed by atoms with Crippen molar-refractivity contribution < 1.29 is 9.90 Å². The Morgan fingerprint density at radius 3 is 2.76 bits per heavy atom. The molecule has 3 saturated carbocycles. The van der Waals surface area contributed by atoms with Gasteiger partial charge >= 0.3 is 5.97 Å². The average molecular weight is 283 g/mol. The minimum Gasteiger partial charge on any atom is -0.476 e. The highest BCUT2D eigenvalue weighted by Gasteiger charge is 2.65. The van der Waals surface area contributed by atoms with Crippen LogP contribution in [0, 0.1) is 23.7 Å². The molecule has 0 amide bonds. The molecule has 0 radical (unpaired) electrons. The molecule has 2 bridgehead atoms. The summed E-state index contributed by atoms with van der Waals surface area (Å²) in [6.45, 7) is 0. The lowest BCUT2D eigenvalue weighted by molar-refractivity contribution is 0.0690. The molecule has 2 aromatic rings. The van der Waals surface area contributed by atoms with Gasteiger partial charge in [-0.05, 0) is 55.1 Å². The third kappa shape index (κ3) is 1.46. The van der Waals surface area contributed by atoms with E-state index >= 15 is 0 Å². The van der Waals surface area contributed by atoms with Crippen molar-refractivity contribution in [2.75, 3.05) is 5.32 Å². The van der Waals surface area contributed by atoms with E-state index in [1.807, 2.05) is 18.2 Å². The summed E-state index contributed by atoms with van der Waals surface area (Å²) in [6.07, 6.45) is 5.88. The standard InChI is InChI=1S/C16H17N3O2/c20-16(21)14-15(17-10-3-1-2-6-19(10)14)18-13-11-8-4-5-9(7-8)12(11)13/h1-3,6,8-9,11-13,18H,4-5,7H2,(H,20,21). The Kier molecular flexibility index (Phi) is 2.09. The lowest BCUT2D eigenvalue weighted by atomic mass is 10.0. The van der Waals surface area contributed by atoms with E-state index in [2.05, 4.69) is 10.3 Å². The molecule has 3 aliphatic rings. The average Bonchev–Trinajstić information content (AvgIpc) is 2.84. The second-order valence-electron chi connectivity index (χ2n) is 6.70. The number of rotatable bonds is 3. The Morgan fingerprint density at radius 1 is 1.29 bits per heavy atom. The van der Waals surface area contributed by atoms with Gasteiger partial charge in [0.25, 0.3) is 0 Å². The van der Waals surface area contributed by atoms with Crippen LogP contribution in [0.3, 0.4) is 0 Å². The monoisotopic (exact) mass is 283 g/mol. The molecule has 0 aliphatic heterocycles. The van der Waals surface area contributed by atoms with Crippen LogP contribution in [0.2, 0.25) is 0 Å². The number of carboxylic acid groups (broad SMARTS) is 1. The van der Waals surface area contributed by atoms with Gasteiger partial charge in [-0.3, -0.25) is 4.40 Å². The summed E-state index contributed by atoms with van der Waals surface area (Å²) in [4.78, 5) is 16.1. The fraction of sp³-hybridized carbons (Fsp3) is 0.500. The number of hydrogen-bond donors (Lipinski definition) is 2. The van der Waals surface area contributed by atoms with Crippen molar-refractivity contribution in [2.24, 2.45) is 23.7 Å². The number of aromatic carboxylic acids is 1. The summed E-state index contributed by atoms with van der Waals surface area (Å²) in [5.74, 6) is 2.86. The molecule has 0 aromatic carbocycles. The van der Waals surface area contributed by atoms with Crippen molar-refractivity contribution >= 4 is 17.4 Å². The first-order valence-electron chi connectivity index (χ1n) is 7.71. The molecule has 3 fully saturated rings. The van der Waals surface area contributed by atoms with Crippen molar-refractivity contribution in [1.82, 2.24) is 9.38 Å². The Labute approximate surface area is 122 Å². The normalized spacial score (nSPS) is 35.9. The van der Waals surface area contributed by atoms with Gasteiger partial charge in [0.15, 0.2) is 11.5 Å². The topological polar surface area (TPSA) is 66.6 Å². The number of hydrogen-bond acceptors (Lipinski definition) is 3. The molecule has 108 valence electrons. The predicted molar refractivity (Wildman–Crippen MR) is 77.4 cm³/mol. The van der Waals surface area contributed by atoms with Crippen molar-refractivity contribution in [3.05, 3.63) is 30.1 Å². The molecule has 5 heteroatoms. The Bertz CT molecular complexity index is 737. The van der Waals surface area contributed by atoms with Crippen LogP contribution in [-0.4, -0.2) is 26.5 Å². The van der Waals surface area contributed by atoms with E-state index in [-0.39, 0.29) is 5.69 Å². The third-order valence-electron chi connectivity index (χ3n) is 5.77. The van der Waals surface area contributed by atoms with Gasteiger partial charge in [0.2, 0.25) is 0 Å². The van der Waals surface area contributed by atoms with E-state index in [1.54, 1.807) is 10.6 Å². The van der Waals surface area contributed by atoms with Gasteiger partial charge in [0, 0.05) is 12.2 Å². The van der Waals surface area contributed by atoms with Gasteiger partial charge in [-0.15, -0.1) is 0 Å². The smallest absolute Gasteiger partial charge is 0.356 e. The minimum absolute atomic E-state index is 0.253. The van der Waals surface area contributed by atoms with Crippen LogP contribution in [0.1, 0.15) is 29.8 Å². The largest absolute Gasteiger partial charge is 0.476 e. The van der Waals surface area contributed by atoms with Crippen molar-refractivity contribution in [2.45, 2.75) is 25.3 Å². The molecule has 2 aromatic heterocycles. The van der Waals surface area contributed by atoms with E-state index in [0.717, 1.165) is 23.7 Å². The zero-order valence-electron chi connectivity index (χ0n) is 11.6. The maximum atomic E-state index is 11.6. The summed E-state index contributed by atoms with van der Waals surface area (Å²) < 4.78 is 1.65. The molecule has 21 heavy (non-hydrogen) atoms. The Balaban J connectivity index is 1.51. The van der Waals surface area contributed by atoms with Gasteiger partial charge in [-0.25, -0.2) is 9.78 Å². The van der Waals surface area contributed by atoms with Crippen molar-refractivity contribution in [1.29, 1.82) is 0 Å². The molecule has 3 aliphatic carbocycles. The van der Waals surface area contributed by atoms with E-state index in [0.29, 0.717) is 17.5 Å². The summed E-state index contributed by atoms with van der Waals surface area (Å²) in [5.41, 5.74) is 0.939. The van der Waals surface area contributed by atoms with E-state index in [4.69, 9.17) is 0 Å². The molecule has 4 unspecified atom stereocenters. The number of fused-ring (bicyclic) bond motifs is 6. The molecule has 5 rings (SSSR count). The molecule has 2 N–H and O–H groups in total. The molecule has 0 spiro atoms. The molecular weight excluding hydrogens is 266 g/mol. The summed E-state index contributed by atoms with van der Waals surface area (Å²) >= 11 is 0. The highest BCUT2D eigenvalue weighted by molar-refractivity contribution is 5.93. The number of carbonyl (C=O) groups is 1. The fourth-order valence-electron chi connectivity index (χ4n) is 4.98. The maximum Gasteiger partial charge on any atom is 0.356 e. The van der Waals surface area contributed by atoms with E-state index < -0.39 is 5.97 Å². The number of pyridine rings is 1. The lowest BCUT2D eigenvalue weighted by Crippen LogP contribution is -2.15.